The van der Waals surface area contributed by atoms with E-state index in [1.165, 1.54) is 12.1 Å². The molecule has 0 aliphatic rings. The second kappa shape index (κ2) is 5.14. The summed E-state index contributed by atoms with van der Waals surface area (Å²) in [5.41, 5.74) is 3.61. The van der Waals surface area contributed by atoms with Gasteiger partial charge in [-0.1, -0.05) is 12.1 Å². The van der Waals surface area contributed by atoms with Crippen molar-refractivity contribution in [3.05, 3.63) is 53.4 Å². The summed E-state index contributed by atoms with van der Waals surface area (Å²) in [4.78, 5) is 4.31. The molecular weight excluding hydrogens is 300 g/mol. The minimum atomic E-state index is -3.67. The van der Waals surface area contributed by atoms with Crippen LogP contribution in [0.15, 0.2) is 45.7 Å². The number of rotatable bonds is 3. The third-order valence-electron chi connectivity index (χ3n) is 3.63. The molecule has 0 aliphatic heterocycles. The molecule has 3 rings (SSSR count). The number of aryl methyl sites for hydroxylation is 2. The van der Waals surface area contributed by atoms with E-state index in [-0.39, 0.29) is 4.90 Å². The number of nitrogens with zero attached hydrogens (tertiary/aromatic N) is 1. The van der Waals surface area contributed by atoms with Gasteiger partial charge in [0.1, 0.15) is 5.52 Å². The third kappa shape index (κ3) is 2.57. The predicted octanol–water partition coefficient (Wildman–Crippen LogP) is 3.55. The predicted molar refractivity (Wildman–Crippen MR) is 85.5 cm³/mol. The maximum absolute atomic E-state index is 12.5. The highest BCUT2D eigenvalue weighted by Gasteiger charge is 2.17. The zero-order valence-corrected chi connectivity index (χ0v) is 13.4. The number of anilines is 1. The molecular formula is C16H16N2O3S. The Balaban J connectivity index is 2.02. The SMILES string of the molecule is Cc1nc2ccc(S(=O)(=O)Nc3cccc(C)c3C)cc2o1. The fourth-order valence-electron chi connectivity index (χ4n) is 2.25. The van der Waals surface area contributed by atoms with Gasteiger partial charge in [-0.05, 0) is 43.2 Å². The second-order valence-electron chi connectivity index (χ2n) is 5.22. The highest BCUT2D eigenvalue weighted by Crippen LogP contribution is 2.24. The smallest absolute Gasteiger partial charge is 0.262 e. The summed E-state index contributed by atoms with van der Waals surface area (Å²) >= 11 is 0. The van der Waals surface area contributed by atoms with Gasteiger partial charge in [0.15, 0.2) is 11.5 Å². The van der Waals surface area contributed by atoms with Crippen LogP contribution >= 0.6 is 0 Å². The first kappa shape index (κ1) is 14.6. The van der Waals surface area contributed by atoms with E-state index in [9.17, 15) is 8.42 Å². The largest absolute Gasteiger partial charge is 0.441 e. The molecule has 6 heteroatoms. The number of fused-ring (bicyclic) bond motifs is 1. The lowest BCUT2D eigenvalue weighted by molar-refractivity contribution is 0.559. The molecule has 0 unspecified atom stereocenters. The molecule has 5 nitrogen and oxygen atoms in total. The first-order valence-electron chi connectivity index (χ1n) is 6.83. The maximum Gasteiger partial charge on any atom is 0.262 e. The number of sulfonamides is 1. The van der Waals surface area contributed by atoms with Crippen molar-refractivity contribution in [1.29, 1.82) is 0 Å². The summed E-state index contributed by atoms with van der Waals surface area (Å²) in [6.07, 6.45) is 0. The Morgan fingerprint density at radius 3 is 2.64 bits per heavy atom. The molecule has 2 aromatic carbocycles. The van der Waals surface area contributed by atoms with E-state index in [0.29, 0.717) is 22.7 Å². The lowest BCUT2D eigenvalue weighted by Gasteiger charge is -2.12. The number of hydrogen-bond acceptors (Lipinski definition) is 4. The van der Waals surface area contributed by atoms with Gasteiger partial charge in [0.05, 0.1) is 10.6 Å². The monoisotopic (exact) mass is 316 g/mol. The Labute approximate surface area is 129 Å². The van der Waals surface area contributed by atoms with Gasteiger partial charge < -0.3 is 4.42 Å². The first-order valence-corrected chi connectivity index (χ1v) is 8.31. The minimum Gasteiger partial charge on any atom is -0.441 e. The molecule has 0 saturated carbocycles. The van der Waals surface area contributed by atoms with Crippen LogP contribution in [-0.4, -0.2) is 13.4 Å². The quantitative estimate of drug-likeness (QED) is 0.802. The van der Waals surface area contributed by atoms with Gasteiger partial charge in [0, 0.05) is 13.0 Å². The molecule has 1 aromatic heterocycles. The summed E-state index contributed by atoms with van der Waals surface area (Å²) in [7, 11) is -3.67. The van der Waals surface area contributed by atoms with Crippen LogP contribution in [0.4, 0.5) is 5.69 Å². The average molecular weight is 316 g/mol. The van der Waals surface area contributed by atoms with Crippen LogP contribution in [0.2, 0.25) is 0 Å². The van der Waals surface area contributed by atoms with Crippen molar-refractivity contribution >= 4 is 26.8 Å². The van der Waals surface area contributed by atoms with Crippen LogP contribution in [0.25, 0.3) is 11.1 Å². The third-order valence-corrected chi connectivity index (χ3v) is 4.99. The van der Waals surface area contributed by atoms with Crippen LogP contribution in [0.3, 0.4) is 0 Å². The number of oxazole rings is 1. The van der Waals surface area contributed by atoms with Crippen molar-refractivity contribution in [3.63, 3.8) is 0 Å². The minimum absolute atomic E-state index is 0.150. The summed E-state index contributed by atoms with van der Waals surface area (Å²) in [5.74, 6) is 0.507. The van der Waals surface area contributed by atoms with Crippen LogP contribution < -0.4 is 4.72 Å². The van der Waals surface area contributed by atoms with E-state index in [0.717, 1.165) is 11.1 Å². The van der Waals surface area contributed by atoms with Gasteiger partial charge in [-0.15, -0.1) is 0 Å². The fourth-order valence-corrected chi connectivity index (χ4v) is 3.39. The van der Waals surface area contributed by atoms with Crippen molar-refractivity contribution in [3.8, 4) is 0 Å². The maximum atomic E-state index is 12.5. The highest BCUT2D eigenvalue weighted by molar-refractivity contribution is 7.92. The van der Waals surface area contributed by atoms with E-state index < -0.39 is 10.0 Å². The molecule has 0 amide bonds. The highest BCUT2D eigenvalue weighted by atomic mass is 32.2. The van der Waals surface area contributed by atoms with Crippen LogP contribution in [-0.2, 0) is 10.0 Å². The normalized spacial score (nSPS) is 11.8. The van der Waals surface area contributed by atoms with Gasteiger partial charge in [0.2, 0.25) is 0 Å². The number of aromatic nitrogens is 1. The number of benzene rings is 2. The summed E-state index contributed by atoms with van der Waals surface area (Å²) in [6, 6.07) is 10.2. The summed E-state index contributed by atoms with van der Waals surface area (Å²) in [6.45, 7) is 5.55. The van der Waals surface area contributed by atoms with E-state index in [2.05, 4.69) is 9.71 Å². The lowest BCUT2D eigenvalue weighted by atomic mass is 10.1. The topological polar surface area (TPSA) is 72.2 Å². The van der Waals surface area contributed by atoms with Crippen LogP contribution in [0.1, 0.15) is 17.0 Å². The Kier molecular flexibility index (Phi) is 3.41. The Morgan fingerprint density at radius 2 is 1.86 bits per heavy atom. The first-order chi connectivity index (χ1) is 10.4. The molecule has 0 saturated heterocycles. The molecule has 114 valence electrons. The van der Waals surface area contributed by atoms with E-state index in [1.807, 2.05) is 26.0 Å². The van der Waals surface area contributed by atoms with Gasteiger partial charge in [0.25, 0.3) is 10.0 Å². The van der Waals surface area contributed by atoms with Crippen LogP contribution in [0.5, 0.6) is 0 Å². The van der Waals surface area contributed by atoms with Crippen molar-refractivity contribution in [1.82, 2.24) is 4.98 Å². The molecule has 3 aromatic rings. The van der Waals surface area contributed by atoms with Gasteiger partial charge in [-0.25, -0.2) is 13.4 Å². The number of hydrogen-bond donors (Lipinski definition) is 1. The Hall–Kier alpha value is -2.34. The van der Waals surface area contributed by atoms with E-state index >= 15 is 0 Å². The van der Waals surface area contributed by atoms with Gasteiger partial charge in [-0.2, -0.15) is 0 Å². The lowest BCUT2D eigenvalue weighted by Crippen LogP contribution is -2.14. The molecule has 0 radical (unpaired) electrons. The molecule has 0 fully saturated rings. The standard InChI is InChI=1S/C16H16N2O3S/c1-10-5-4-6-14(11(10)2)18-22(19,20)13-7-8-15-16(9-13)21-12(3)17-15/h4-9,18H,1-3H3. The molecule has 22 heavy (non-hydrogen) atoms. The van der Waals surface area contributed by atoms with Crippen molar-refractivity contribution in [2.24, 2.45) is 0 Å². The molecule has 0 atom stereocenters. The molecule has 1 heterocycles. The zero-order chi connectivity index (χ0) is 15.9. The van der Waals surface area contributed by atoms with Crippen LogP contribution in [0, 0.1) is 20.8 Å². The van der Waals surface area contributed by atoms with Gasteiger partial charge >= 0.3 is 0 Å². The van der Waals surface area contributed by atoms with E-state index in [4.69, 9.17) is 4.42 Å². The fraction of sp³-hybridized carbons (Fsp3) is 0.188. The Morgan fingerprint density at radius 1 is 1.09 bits per heavy atom. The van der Waals surface area contributed by atoms with Crippen molar-refractivity contribution in [2.45, 2.75) is 25.7 Å². The summed E-state index contributed by atoms with van der Waals surface area (Å²) < 4.78 is 33.1. The van der Waals surface area contributed by atoms with Crippen molar-refractivity contribution in [2.75, 3.05) is 4.72 Å². The number of nitrogens with one attached hydrogen (secondary N) is 1. The summed E-state index contributed by atoms with van der Waals surface area (Å²) in [5, 5.41) is 0. The molecule has 0 spiro atoms. The van der Waals surface area contributed by atoms with E-state index in [1.54, 1.807) is 19.1 Å². The molecule has 1 N–H and O–H groups in total. The molecule has 0 aliphatic carbocycles. The zero-order valence-electron chi connectivity index (χ0n) is 12.5. The van der Waals surface area contributed by atoms with Crippen molar-refractivity contribution < 1.29 is 12.8 Å². The Bertz CT molecular complexity index is 959. The second-order valence-corrected chi connectivity index (χ2v) is 6.90. The molecule has 0 bridgehead atoms. The van der Waals surface area contributed by atoms with Gasteiger partial charge in [-0.3, -0.25) is 4.72 Å². The average Bonchev–Trinajstić information content (AvgIpc) is 2.82.